The number of aromatic nitrogens is 5. The van der Waals surface area contributed by atoms with Crippen molar-refractivity contribution < 1.29 is 0 Å². The van der Waals surface area contributed by atoms with Gasteiger partial charge in [0.05, 0.1) is 0 Å². The molecule has 0 radical (unpaired) electrons. The zero-order valence-electron chi connectivity index (χ0n) is 15.6. The molecule has 0 unspecified atom stereocenters. The van der Waals surface area contributed by atoms with Crippen molar-refractivity contribution in [3.05, 3.63) is 97.1 Å². The molecule has 0 saturated heterocycles. The summed E-state index contributed by atoms with van der Waals surface area (Å²) in [6.07, 6.45) is 5.40. The number of para-hydroxylation sites is 1. The van der Waals surface area contributed by atoms with E-state index in [0.29, 0.717) is 18.2 Å². The third kappa shape index (κ3) is 3.43. The zero-order valence-corrected chi connectivity index (χ0v) is 15.6. The maximum atomic E-state index is 4.83. The summed E-state index contributed by atoms with van der Waals surface area (Å²) >= 11 is 0. The summed E-state index contributed by atoms with van der Waals surface area (Å²) in [5.41, 5.74) is 4.53. The van der Waals surface area contributed by atoms with Gasteiger partial charge in [-0.1, -0.05) is 54.6 Å². The highest BCUT2D eigenvalue weighted by Crippen LogP contribution is 2.26. The second-order valence-corrected chi connectivity index (χ2v) is 6.60. The summed E-state index contributed by atoms with van der Waals surface area (Å²) in [6.45, 7) is 0.604. The lowest BCUT2D eigenvalue weighted by atomic mass is 10.2. The molecule has 6 nitrogen and oxygen atoms in total. The smallest absolute Gasteiger partial charge is 0.170 e. The molecule has 3 aromatic heterocycles. The molecule has 2 aromatic carbocycles. The molecule has 0 aliphatic rings. The van der Waals surface area contributed by atoms with Crippen LogP contribution in [0.25, 0.3) is 28.2 Å². The lowest BCUT2D eigenvalue weighted by Gasteiger charge is -2.10. The number of hydrogen-bond donors (Lipinski definition) is 1. The van der Waals surface area contributed by atoms with Gasteiger partial charge >= 0.3 is 0 Å². The maximum Gasteiger partial charge on any atom is 0.170 e. The third-order valence-electron chi connectivity index (χ3n) is 4.65. The minimum Gasteiger partial charge on any atom is -0.364 e. The first-order valence-corrected chi connectivity index (χ1v) is 9.37. The quantitative estimate of drug-likeness (QED) is 0.488. The monoisotopic (exact) mass is 378 g/mol. The summed E-state index contributed by atoms with van der Waals surface area (Å²) in [4.78, 5) is 18.4. The van der Waals surface area contributed by atoms with Crippen LogP contribution in [0, 0.1) is 0 Å². The van der Waals surface area contributed by atoms with Crippen LogP contribution in [-0.4, -0.2) is 24.5 Å². The first-order chi connectivity index (χ1) is 14.4. The van der Waals surface area contributed by atoms with E-state index in [1.54, 1.807) is 12.5 Å². The summed E-state index contributed by atoms with van der Waals surface area (Å²) in [5, 5.41) is 3.41. The van der Waals surface area contributed by atoms with Crippen molar-refractivity contribution in [2.24, 2.45) is 0 Å². The molecule has 6 heteroatoms. The summed E-state index contributed by atoms with van der Waals surface area (Å²) < 4.78 is 1.98. The van der Waals surface area contributed by atoms with E-state index in [1.165, 1.54) is 0 Å². The van der Waals surface area contributed by atoms with Gasteiger partial charge < -0.3 is 5.32 Å². The molecule has 0 bridgehead atoms. The Morgan fingerprint density at radius 3 is 2.38 bits per heavy atom. The average Bonchev–Trinajstić information content (AvgIpc) is 3.23. The number of imidazole rings is 1. The third-order valence-corrected chi connectivity index (χ3v) is 4.65. The Morgan fingerprint density at radius 1 is 0.828 bits per heavy atom. The van der Waals surface area contributed by atoms with E-state index in [4.69, 9.17) is 9.97 Å². The number of fused-ring (bicyclic) bond motifs is 1. The number of anilines is 1. The molecule has 0 fully saturated rings. The summed E-state index contributed by atoms with van der Waals surface area (Å²) in [7, 11) is 0. The predicted octanol–water partition coefficient (Wildman–Crippen LogP) is 4.49. The number of nitrogens with one attached hydrogen (secondary N) is 1. The zero-order chi connectivity index (χ0) is 19.5. The van der Waals surface area contributed by atoms with Crippen LogP contribution in [0.3, 0.4) is 0 Å². The average molecular weight is 378 g/mol. The molecule has 1 N–H and O–H groups in total. The van der Waals surface area contributed by atoms with Crippen molar-refractivity contribution >= 4 is 17.0 Å². The predicted molar refractivity (Wildman–Crippen MR) is 114 cm³/mol. The molecule has 3 heterocycles. The van der Waals surface area contributed by atoms with Gasteiger partial charge in [0.1, 0.15) is 6.33 Å². The van der Waals surface area contributed by atoms with Crippen molar-refractivity contribution in [3.8, 4) is 17.1 Å². The number of nitrogens with zero attached hydrogens (tertiary/aromatic N) is 5. The second-order valence-electron chi connectivity index (χ2n) is 6.60. The van der Waals surface area contributed by atoms with Crippen LogP contribution < -0.4 is 5.32 Å². The van der Waals surface area contributed by atoms with E-state index in [0.717, 1.165) is 28.0 Å². The van der Waals surface area contributed by atoms with Crippen LogP contribution in [-0.2, 0) is 6.54 Å². The minimum absolute atomic E-state index is 0.604. The molecule has 0 aliphatic carbocycles. The minimum atomic E-state index is 0.604. The van der Waals surface area contributed by atoms with Crippen molar-refractivity contribution in [2.45, 2.75) is 6.54 Å². The molecule has 0 amide bonds. The van der Waals surface area contributed by atoms with E-state index in [9.17, 15) is 0 Å². The van der Waals surface area contributed by atoms with Gasteiger partial charge in [-0.3, -0.25) is 9.55 Å². The van der Waals surface area contributed by atoms with Gasteiger partial charge in [0.25, 0.3) is 0 Å². The lowest BCUT2D eigenvalue weighted by Crippen LogP contribution is -2.05. The molecule has 5 aromatic rings. The number of hydrogen-bond acceptors (Lipinski definition) is 5. The van der Waals surface area contributed by atoms with Crippen LogP contribution in [0.5, 0.6) is 0 Å². The topological polar surface area (TPSA) is 68.5 Å². The first kappa shape index (κ1) is 17.1. The van der Waals surface area contributed by atoms with Gasteiger partial charge in [0.2, 0.25) is 0 Å². The van der Waals surface area contributed by atoms with Gasteiger partial charge in [0.15, 0.2) is 22.8 Å². The first-order valence-electron chi connectivity index (χ1n) is 9.37. The van der Waals surface area contributed by atoms with Crippen molar-refractivity contribution in [1.29, 1.82) is 0 Å². The highest BCUT2D eigenvalue weighted by molar-refractivity contribution is 5.86. The van der Waals surface area contributed by atoms with Crippen LogP contribution in [0.15, 0.2) is 91.5 Å². The molecule has 0 atom stereocenters. The molecular formula is C23H18N6. The highest BCUT2D eigenvalue weighted by atomic mass is 15.2. The maximum absolute atomic E-state index is 4.83. The van der Waals surface area contributed by atoms with Crippen LogP contribution in [0.2, 0.25) is 0 Å². The normalized spacial score (nSPS) is 10.9. The molecule has 0 spiro atoms. The van der Waals surface area contributed by atoms with Gasteiger partial charge in [-0.15, -0.1) is 0 Å². The van der Waals surface area contributed by atoms with Crippen molar-refractivity contribution in [2.75, 3.05) is 5.32 Å². The molecule has 0 saturated carbocycles. The van der Waals surface area contributed by atoms with Crippen LogP contribution >= 0.6 is 0 Å². The SMILES string of the molecule is c1ccc(-c2nc(NCc3cccnc3)c3ncn(-c4ccccc4)c3n2)cc1. The van der Waals surface area contributed by atoms with Crippen LogP contribution in [0.1, 0.15) is 5.56 Å². The molecule has 140 valence electrons. The van der Waals surface area contributed by atoms with Crippen LogP contribution in [0.4, 0.5) is 5.82 Å². The fourth-order valence-electron chi connectivity index (χ4n) is 3.21. The highest BCUT2D eigenvalue weighted by Gasteiger charge is 2.15. The Labute approximate surface area is 167 Å². The summed E-state index contributed by atoms with van der Waals surface area (Å²) in [6, 6.07) is 24.0. The van der Waals surface area contributed by atoms with E-state index < -0.39 is 0 Å². The van der Waals surface area contributed by atoms with Gasteiger partial charge in [-0.2, -0.15) is 0 Å². The van der Waals surface area contributed by atoms with Gasteiger partial charge in [-0.05, 0) is 23.8 Å². The van der Waals surface area contributed by atoms with E-state index in [2.05, 4.69) is 15.3 Å². The standard InChI is InChI=1S/C23H18N6/c1-3-9-18(10-4-1)21-27-22(25-15-17-8-7-13-24-14-17)20-23(28-21)29(16-26-20)19-11-5-2-6-12-19/h1-14,16H,15H2,(H,25,27,28). The fourth-order valence-corrected chi connectivity index (χ4v) is 3.21. The number of benzene rings is 2. The molecule has 29 heavy (non-hydrogen) atoms. The Kier molecular flexibility index (Phi) is 4.42. The number of rotatable bonds is 5. The Hall–Kier alpha value is -4.06. The van der Waals surface area contributed by atoms with Gasteiger partial charge in [0, 0.05) is 30.2 Å². The van der Waals surface area contributed by atoms with E-state index in [1.807, 2.05) is 83.6 Å². The fraction of sp³-hybridized carbons (Fsp3) is 0.0435. The molecule has 5 rings (SSSR count). The summed E-state index contributed by atoms with van der Waals surface area (Å²) in [5.74, 6) is 1.36. The second kappa shape index (κ2) is 7.52. The van der Waals surface area contributed by atoms with Crippen molar-refractivity contribution in [1.82, 2.24) is 24.5 Å². The lowest BCUT2D eigenvalue weighted by molar-refractivity contribution is 1.05. The van der Waals surface area contributed by atoms with E-state index >= 15 is 0 Å². The molecular weight excluding hydrogens is 360 g/mol. The number of pyridine rings is 1. The van der Waals surface area contributed by atoms with Gasteiger partial charge in [-0.25, -0.2) is 15.0 Å². The Morgan fingerprint density at radius 2 is 1.62 bits per heavy atom. The molecule has 0 aliphatic heterocycles. The van der Waals surface area contributed by atoms with E-state index in [-0.39, 0.29) is 0 Å². The van der Waals surface area contributed by atoms with Crippen molar-refractivity contribution in [3.63, 3.8) is 0 Å². The Bertz CT molecular complexity index is 1230. The Balaban J connectivity index is 1.63. The largest absolute Gasteiger partial charge is 0.364 e.